The smallest absolute Gasteiger partial charge is 0.0794 e. The van der Waals surface area contributed by atoms with Crippen molar-refractivity contribution in [3.8, 4) is 0 Å². The maximum Gasteiger partial charge on any atom is 0.0794 e. The zero-order valence-corrected chi connectivity index (χ0v) is 12.9. The Balaban J connectivity index is 2.18. The number of hydrogen-bond acceptors (Lipinski definition) is 5. The molecule has 0 saturated carbocycles. The molecule has 1 aromatic rings. The number of nitrogens with zero attached hydrogens (tertiary/aromatic N) is 2. The Hall–Kier alpha value is -0.490. The lowest BCUT2D eigenvalue weighted by molar-refractivity contribution is 0.0623. The molecule has 1 aliphatic heterocycles. The molecule has 0 spiro atoms. The van der Waals surface area contributed by atoms with Gasteiger partial charge in [0.2, 0.25) is 0 Å². The van der Waals surface area contributed by atoms with E-state index in [9.17, 15) is 0 Å². The topological polar surface area (TPSA) is 54.2 Å². The third-order valence-electron chi connectivity index (χ3n) is 4.70. The van der Waals surface area contributed by atoms with E-state index in [0.717, 1.165) is 19.3 Å². The Kier molecular flexibility index (Phi) is 5.33. The lowest BCUT2D eigenvalue weighted by Crippen LogP contribution is -2.62. The lowest BCUT2D eigenvalue weighted by atomic mass is 9.81. The molecule has 1 atom stereocenters. The second kappa shape index (κ2) is 6.79. The van der Waals surface area contributed by atoms with Crippen LogP contribution in [0.2, 0.25) is 0 Å². The summed E-state index contributed by atoms with van der Waals surface area (Å²) in [7, 11) is 0. The number of rotatable bonds is 7. The fourth-order valence-corrected chi connectivity index (χ4v) is 4.16. The summed E-state index contributed by atoms with van der Waals surface area (Å²) in [5.41, 5.74) is 5.17. The third-order valence-corrected chi connectivity index (χ3v) is 5.50. The maximum absolute atomic E-state index is 5.90. The van der Waals surface area contributed by atoms with Gasteiger partial charge < -0.3 is 0 Å². The van der Waals surface area contributed by atoms with Crippen LogP contribution in [0.15, 0.2) is 11.7 Å². The average molecular weight is 282 g/mol. The zero-order chi connectivity index (χ0) is 13.7. The van der Waals surface area contributed by atoms with Gasteiger partial charge in [-0.25, -0.2) is 0 Å². The van der Waals surface area contributed by atoms with Crippen molar-refractivity contribution >= 4 is 11.3 Å². The van der Waals surface area contributed by atoms with E-state index in [1.807, 2.05) is 11.7 Å². The Morgan fingerprint density at radius 3 is 2.58 bits per heavy atom. The Morgan fingerprint density at radius 1 is 1.42 bits per heavy atom. The first kappa shape index (κ1) is 14.9. The summed E-state index contributed by atoms with van der Waals surface area (Å²) in [4.78, 5) is 8.14. The number of aromatic nitrogens is 1. The molecule has 0 bridgehead atoms. The van der Waals surface area contributed by atoms with Crippen molar-refractivity contribution in [1.82, 2.24) is 15.3 Å². The molecule has 108 valence electrons. The van der Waals surface area contributed by atoms with Crippen LogP contribution in [-0.4, -0.2) is 34.6 Å². The van der Waals surface area contributed by atoms with Crippen LogP contribution in [0.25, 0.3) is 0 Å². The molecule has 2 heterocycles. The number of nitrogens with one attached hydrogen (secondary N) is 1. The fraction of sp³-hybridized carbons (Fsp3) is 0.786. The maximum atomic E-state index is 5.90. The molecule has 0 aliphatic carbocycles. The van der Waals surface area contributed by atoms with Crippen LogP contribution in [0.5, 0.6) is 0 Å². The van der Waals surface area contributed by atoms with Gasteiger partial charge in [-0.2, -0.15) is 0 Å². The van der Waals surface area contributed by atoms with E-state index in [2.05, 4.69) is 29.2 Å². The van der Waals surface area contributed by atoms with Gasteiger partial charge in [-0.3, -0.25) is 21.2 Å². The SMILES string of the molecule is CCC(CC)(C(Cc1cncs1)NN)N1CCCC1. The molecule has 4 nitrogen and oxygen atoms in total. The number of likely N-dealkylation sites (tertiary alicyclic amines) is 1. The molecule has 1 fully saturated rings. The van der Waals surface area contributed by atoms with Crippen molar-refractivity contribution in [1.29, 1.82) is 0 Å². The van der Waals surface area contributed by atoms with Crippen molar-refractivity contribution in [2.75, 3.05) is 13.1 Å². The van der Waals surface area contributed by atoms with Gasteiger partial charge in [0.25, 0.3) is 0 Å². The van der Waals surface area contributed by atoms with Crippen LogP contribution < -0.4 is 11.3 Å². The van der Waals surface area contributed by atoms with Crippen LogP contribution in [0, 0.1) is 0 Å². The quantitative estimate of drug-likeness (QED) is 0.594. The minimum absolute atomic E-state index is 0.176. The van der Waals surface area contributed by atoms with Gasteiger partial charge >= 0.3 is 0 Å². The molecule has 19 heavy (non-hydrogen) atoms. The number of thiazole rings is 1. The van der Waals surface area contributed by atoms with E-state index in [0.29, 0.717) is 6.04 Å². The molecular weight excluding hydrogens is 256 g/mol. The minimum atomic E-state index is 0.176. The van der Waals surface area contributed by atoms with E-state index in [1.54, 1.807) is 11.3 Å². The predicted molar refractivity (Wildman–Crippen MR) is 81.0 cm³/mol. The van der Waals surface area contributed by atoms with Crippen molar-refractivity contribution in [3.63, 3.8) is 0 Å². The molecule has 0 radical (unpaired) electrons. The van der Waals surface area contributed by atoms with Gasteiger partial charge in [-0.1, -0.05) is 13.8 Å². The van der Waals surface area contributed by atoms with Crippen molar-refractivity contribution in [2.24, 2.45) is 5.84 Å². The van der Waals surface area contributed by atoms with Crippen molar-refractivity contribution in [3.05, 3.63) is 16.6 Å². The summed E-state index contributed by atoms with van der Waals surface area (Å²) >= 11 is 1.72. The summed E-state index contributed by atoms with van der Waals surface area (Å²) < 4.78 is 0. The largest absolute Gasteiger partial charge is 0.296 e. The summed E-state index contributed by atoms with van der Waals surface area (Å²) in [6.45, 7) is 7.00. The highest BCUT2D eigenvalue weighted by molar-refractivity contribution is 7.09. The second-order valence-electron chi connectivity index (χ2n) is 5.40. The fourth-order valence-electron chi connectivity index (χ4n) is 3.52. The van der Waals surface area contributed by atoms with Gasteiger partial charge in [-0.05, 0) is 38.8 Å². The number of nitrogens with two attached hydrogens (primary N) is 1. The standard InChI is InChI=1S/C14H26N4S/c1-3-14(4-2,18-7-5-6-8-18)13(17-15)9-12-10-16-11-19-12/h10-11,13,17H,3-9,15H2,1-2H3. The van der Waals surface area contributed by atoms with Gasteiger partial charge in [0.1, 0.15) is 0 Å². The minimum Gasteiger partial charge on any atom is -0.296 e. The number of hydrogen-bond donors (Lipinski definition) is 2. The lowest BCUT2D eigenvalue weighted by Gasteiger charge is -2.46. The molecule has 5 heteroatoms. The van der Waals surface area contributed by atoms with Crippen LogP contribution in [0.4, 0.5) is 0 Å². The van der Waals surface area contributed by atoms with Crippen LogP contribution >= 0.6 is 11.3 Å². The van der Waals surface area contributed by atoms with Crippen molar-refractivity contribution in [2.45, 2.75) is 57.5 Å². The van der Waals surface area contributed by atoms with E-state index < -0.39 is 0 Å². The molecule has 1 saturated heterocycles. The molecule has 1 aromatic heterocycles. The highest BCUT2D eigenvalue weighted by atomic mass is 32.1. The predicted octanol–water partition coefficient (Wildman–Crippen LogP) is 2.17. The van der Waals surface area contributed by atoms with Gasteiger partial charge in [0.05, 0.1) is 5.51 Å². The van der Waals surface area contributed by atoms with E-state index in [-0.39, 0.29) is 5.54 Å². The summed E-state index contributed by atoms with van der Waals surface area (Å²) in [5, 5.41) is 0. The number of hydrazine groups is 1. The monoisotopic (exact) mass is 282 g/mol. The average Bonchev–Trinajstić information content (AvgIpc) is 3.12. The third kappa shape index (κ3) is 2.99. The van der Waals surface area contributed by atoms with E-state index in [1.165, 1.54) is 30.8 Å². The molecule has 0 amide bonds. The summed E-state index contributed by atoms with van der Waals surface area (Å²) in [6.07, 6.45) is 7.85. The molecule has 1 unspecified atom stereocenters. The van der Waals surface area contributed by atoms with Gasteiger partial charge in [0.15, 0.2) is 0 Å². The molecule has 1 aliphatic rings. The molecule has 0 aromatic carbocycles. The van der Waals surface area contributed by atoms with Crippen molar-refractivity contribution < 1.29 is 0 Å². The highest BCUT2D eigenvalue weighted by Gasteiger charge is 2.41. The first-order chi connectivity index (χ1) is 9.26. The van der Waals surface area contributed by atoms with Crippen LogP contribution in [0.1, 0.15) is 44.4 Å². The summed E-state index contributed by atoms with van der Waals surface area (Å²) in [6, 6.07) is 0.293. The molecule has 3 N–H and O–H groups in total. The highest BCUT2D eigenvalue weighted by Crippen LogP contribution is 2.33. The van der Waals surface area contributed by atoms with E-state index >= 15 is 0 Å². The Morgan fingerprint density at radius 2 is 2.11 bits per heavy atom. The summed E-state index contributed by atoms with van der Waals surface area (Å²) in [5.74, 6) is 5.90. The van der Waals surface area contributed by atoms with E-state index in [4.69, 9.17) is 5.84 Å². The van der Waals surface area contributed by atoms with Crippen LogP contribution in [0.3, 0.4) is 0 Å². The Labute approximate surface area is 120 Å². The molecule has 2 rings (SSSR count). The van der Waals surface area contributed by atoms with Gasteiger partial charge in [0, 0.05) is 29.1 Å². The van der Waals surface area contributed by atoms with Crippen LogP contribution in [-0.2, 0) is 6.42 Å². The van der Waals surface area contributed by atoms with Gasteiger partial charge in [-0.15, -0.1) is 11.3 Å². The zero-order valence-electron chi connectivity index (χ0n) is 12.1. The normalized spacial score (nSPS) is 18.9. The molecular formula is C14H26N4S. The first-order valence-electron chi connectivity index (χ1n) is 7.35. The first-order valence-corrected chi connectivity index (χ1v) is 8.23. The second-order valence-corrected chi connectivity index (χ2v) is 6.37. The Bertz CT molecular complexity index is 356.